The van der Waals surface area contributed by atoms with Crippen molar-refractivity contribution >= 4 is 33.3 Å². The molecule has 0 unspecified atom stereocenters. The number of carbonyl (C=O) groups is 1. The van der Waals surface area contributed by atoms with Gasteiger partial charge in [-0.3, -0.25) is 9.78 Å². The number of nitrogens with one attached hydrogen (secondary N) is 2. The topological polar surface area (TPSA) is 79.8 Å². The van der Waals surface area contributed by atoms with Gasteiger partial charge < -0.3 is 10.6 Å². The lowest BCUT2D eigenvalue weighted by molar-refractivity contribution is 0.102. The van der Waals surface area contributed by atoms with Crippen molar-refractivity contribution in [3.63, 3.8) is 0 Å². The van der Waals surface area contributed by atoms with E-state index in [-0.39, 0.29) is 11.6 Å². The lowest BCUT2D eigenvalue weighted by Crippen LogP contribution is -2.15. The Morgan fingerprint density at radius 3 is 2.72 bits per heavy atom. The standard InChI is InChI=1S/C18H16BrN5O/c1-12-7-14(19)4-5-15(12)24-18(25)16-10-23-17(11-21-16)22-9-13-3-2-6-20-8-13/h2-8,10-11H,9H2,1H3,(H,22,23)(H,24,25). The van der Waals surface area contributed by atoms with E-state index in [0.29, 0.717) is 12.4 Å². The molecule has 0 radical (unpaired) electrons. The van der Waals surface area contributed by atoms with Crippen LogP contribution in [0.25, 0.3) is 0 Å². The number of anilines is 2. The van der Waals surface area contributed by atoms with Gasteiger partial charge >= 0.3 is 0 Å². The number of nitrogens with zero attached hydrogens (tertiary/aromatic N) is 3. The zero-order valence-electron chi connectivity index (χ0n) is 13.5. The van der Waals surface area contributed by atoms with Gasteiger partial charge in [0, 0.05) is 29.1 Å². The molecule has 1 amide bonds. The number of hydrogen-bond donors (Lipinski definition) is 2. The first-order valence-electron chi connectivity index (χ1n) is 7.64. The first-order valence-corrected chi connectivity index (χ1v) is 8.43. The molecule has 2 aromatic heterocycles. The van der Waals surface area contributed by atoms with Gasteiger partial charge in [-0.1, -0.05) is 22.0 Å². The number of benzene rings is 1. The molecule has 0 aliphatic rings. The minimum Gasteiger partial charge on any atom is -0.365 e. The normalized spacial score (nSPS) is 10.3. The third kappa shape index (κ3) is 4.60. The van der Waals surface area contributed by atoms with E-state index in [9.17, 15) is 4.79 Å². The van der Waals surface area contributed by atoms with Gasteiger partial charge in [0.05, 0.1) is 12.4 Å². The molecule has 0 fully saturated rings. The SMILES string of the molecule is Cc1cc(Br)ccc1NC(=O)c1cnc(NCc2cccnc2)cn1. The van der Waals surface area contributed by atoms with E-state index in [0.717, 1.165) is 21.3 Å². The monoisotopic (exact) mass is 397 g/mol. The van der Waals surface area contributed by atoms with Gasteiger partial charge in [-0.15, -0.1) is 0 Å². The fourth-order valence-corrected chi connectivity index (χ4v) is 2.66. The molecule has 6 nitrogen and oxygen atoms in total. The molecule has 0 atom stereocenters. The number of halogens is 1. The Morgan fingerprint density at radius 1 is 1.16 bits per heavy atom. The zero-order valence-corrected chi connectivity index (χ0v) is 15.1. The molecule has 0 saturated heterocycles. The molecule has 0 saturated carbocycles. The van der Waals surface area contributed by atoms with Crippen LogP contribution >= 0.6 is 15.9 Å². The van der Waals surface area contributed by atoms with Crippen LogP contribution in [0.3, 0.4) is 0 Å². The molecule has 25 heavy (non-hydrogen) atoms. The summed E-state index contributed by atoms with van der Waals surface area (Å²) in [6, 6.07) is 9.50. The molecule has 3 aromatic rings. The Hall–Kier alpha value is -2.80. The maximum atomic E-state index is 12.3. The molecular formula is C18H16BrN5O. The van der Waals surface area contributed by atoms with Crippen molar-refractivity contribution in [1.82, 2.24) is 15.0 Å². The van der Waals surface area contributed by atoms with Gasteiger partial charge in [0.25, 0.3) is 5.91 Å². The van der Waals surface area contributed by atoms with E-state index >= 15 is 0 Å². The second-order valence-electron chi connectivity index (χ2n) is 5.42. The third-order valence-electron chi connectivity index (χ3n) is 3.52. The molecule has 2 heterocycles. The Labute approximate surface area is 153 Å². The van der Waals surface area contributed by atoms with E-state index in [1.54, 1.807) is 18.6 Å². The Kier molecular flexibility index (Phi) is 5.35. The van der Waals surface area contributed by atoms with Crippen molar-refractivity contribution in [3.05, 3.63) is 76.4 Å². The lowest BCUT2D eigenvalue weighted by atomic mass is 10.2. The molecule has 0 aliphatic carbocycles. The van der Waals surface area contributed by atoms with Crippen LogP contribution in [0.5, 0.6) is 0 Å². The first-order chi connectivity index (χ1) is 12.1. The summed E-state index contributed by atoms with van der Waals surface area (Å²) in [6.45, 7) is 2.52. The van der Waals surface area contributed by atoms with Gasteiger partial charge in [0.2, 0.25) is 0 Å². The van der Waals surface area contributed by atoms with Crippen LogP contribution in [0.1, 0.15) is 21.6 Å². The summed E-state index contributed by atoms with van der Waals surface area (Å²) in [7, 11) is 0. The van der Waals surface area contributed by atoms with Crippen LogP contribution < -0.4 is 10.6 Å². The fourth-order valence-electron chi connectivity index (χ4n) is 2.19. The summed E-state index contributed by atoms with van der Waals surface area (Å²) in [5, 5.41) is 5.98. The minimum atomic E-state index is -0.295. The number of rotatable bonds is 5. The summed E-state index contributed by atoms with van der Waals surface area (Å²) in [6.07, 6.45) is 6.50. The van der Waals surface area contributed by atoms with Crippen molar-refractivity contribution in [2.45, 2.75) is 13.5 Å². The molecule has 0 spiro atoms. The molecule has 126 valence electrons. The third-order valence-corrected chi connectivity index (χ3v) is 4.01. The average Bonchev–Trinajstić information content (AvgIpc) is 2.63. The molecule has 7 heteroatoms. The van der Waals surface area contributed by atoms with Gasteiger partial charge in [-0.2, -0.15) is 0 Å². The van der Waals surface area contributed by atoms with Gasteiger partial charge in [-0.25, -0.2) is 9.97 Å². The quantitative estimate of drug-likeness (QED) is 0.684. The highest BCUT2D eigenvalue weighted by Gasteiger charge is 2.10. The Bertz CT molecular complexity index is 868. The fraction of sp³-hybridized carbons (Fsp3) is 0.111. The zero-order chi connectivity index (χ0) is 17.6. The smallest absolute Gasteiger partial charge is 0.275 e. The number of aromatic nitrogens is 3. The predicted octanol–water partition coefficient (Wildman–Crippen LogP) is 3.81. The maximum absolute atomic E-state index is 12.3. The first kappa shape index (κ1) is 17.0. The van der Waals surface area contributed by atoms with E-state index < -0.39 is 0 Å². The summed E-state index contributed by atoms with van der Waals surface area (Å²) in [5.74, 6) is 0.303. The Morgan fingerprint density at radius 2 is 2.04 bits per heavy atom. The maximum Gasteiger partial charge on any atom is 0.275 e. The van der Waals surface area contributed by atoms with Crippen molar-refractivity contribution in [2.75, 3.05) is 10.6 Å². The van der Waals surface area contributed by atoms with Crippen LogP contribution in [0.4, 0.5) is 11.5 Å². The largest absolute Gasteiger partial charge is 0.365 e. The highest BCUT2D eigenvalue weighted by Crippen LogP contribution is 2.20. The highest BCUT2D eigenvalue weighted by atomic mass is 79.9. The van der Waals surface area contributed by atoms with Crippen LogP contribution in [0, 0.1) is 6.92 Å². The van der Waals surface area contributed by atoms with E-state index in [2.05, 4.69) is 41.5 Å². The van der Waals surface area contributed by atoms with Crippen molar-refractivity contribution < 1.29 is 4.79 Å². The predicted molar refractivity (Wildman–Crippen MR) is 100 cm³/mol. The second kappa shape index (κ2) is 7.85. The summed E-state index contributed by atoms with van der Waals surface area (Å²) in [5.41, 5.74) is 3.00. The molecule has 0 bridgehead atoms. The molecular weight excluding hydrogens is 382 g/mol. The average molecular weight is 398 g/mol. The lowest BCUT2D eigenvalue weighted by Gasteiger charge is -2.09. The number of pyridine rings is 1. The highest BCUT2D eigenvalue weighted by molar-refractivity contribution is 9.10. The number of hydrogen-bond acceptors (Lipinski definition) is 5. The van der Waals surface area contributed by atoms with Gasteiger partial charge in [0.1, 0.15) is 11.5 Å². The van der Waals surface area contributed by atoms with Gasteiger partial charge in [-0.05, 0) is 42.3 Å². The summed E-state index contributed by atoms with van der Waals surface area (Å²) >= 11 is 3.40. The van der Waals surface area contributed by atoms with Crippen LogP contribution in [-0.2, 0) is 6.54 Å². The van der Waals surface area contributed by atoms with Crippen molar-refractivity contribution in [3.8, 4) is 0 Å². The summed E-state index contributed by atoms with van der Waals surface area (Å²) in [4.78, 5) is 24.7. The molecule has 1 aromatic carbocycles. The van der Waals surface area contributed by atoms with Gasteiger partial charge in [0.15, 0.2) is 0 Å². The number of aryl methyl sites for hydroxylation is 1. The second-order valence-corrected chi connectivity index (χ2v) is 6.33. The van der Waals surface area contributed by atoms with Crippen LogP contribution in [-0.4, -0.2) is 20.9 Å². The molecule has 3 rings (SSSR count). The number of amides is 1. The van der Waals surface area contributed by atoms with Crippen molar-refractivity contribution in [1.29, 1.82) is 0 Å². The van der Waals surface area contributed by atoms with E-state index in [1.165, 1.54) is 6.20 Å². The number of carbonyl (C=O) groups excluding carboxylic acids is 1. The van der Waals surface area contributed by atoms with Crippen molar-refractivity contribution in [2.24, 2.45) is 0 Å². The van der Waals surface area contributed by atoms with E-state index in [1.807, 2.05) is 37.3 Å². The summed E-state index contributed by atoms with van der Waals surface area (Å²) < 4.78 is 0.965. The van der Waals surface area contributed by atoms with Crippen LogP contribution in [0.2, 0.25) is 0 Å². The Balaban J connectivity index is 1.62. The molecule has 0 aliphatic heterocycles. The van der Waals surface area contributed by atoms with Crippen LogP contribution in [0.15, 0.2) is 59.6 Å². The molecule has 2 N–H and O–H groups in total. The minimum absolute atomic E-state index is 0.259. The van der Waals surface area contributed by atoms with E-state index in [4.69, 9.17) is 0 Å².